The van der Waals surface area contributed by atoms with Crippen LogP contribution in [0.25, 0.3) is 0 Å². The summed E-state index contributed by atoms with van der Waals surface area (Å²) in [5.74, 6) is 0.0134. The van der Waals surface area contributed by atoms with E-state index in [4.69, 9.17) is 11.6 Å². The van der Waals surface area contributed by atoms with Gasteiger partial charge < -0.3 is 10.6 Å². The fraction of sp³-hybridized carbons (Fsp3) is 0.286. The molecule has 0 bridgehead atoms. The van der Waals surface area contributed by atoms with Gasteiger partial charge in [-0.1, -0.05) is 24.6 Å². The van der Waals surface area contributed by atoms with Gasteiger partial charge in [0.1, 0.15) is 0 Å². The highest BCUT2D eigenvalue weighted by molar-refractivity contribution is 7.15. The van der Waals surface area contributed by atoms with Crippen molar-refractivity contribution in [2.24, 2.45) is 0 Å². The minimum atomic E-state index is 0.0134. The number of anilines is 2. The molecule has 2 N–H and O–H groups in total. The van der Waals surface area contributed by atoms with Gasteiger partial charge in [0.25, 0.3) is 0 Å². The number of aryl methyl sites for hydroxylation is 1. The number of carbonyl (C=O) groups excluding carboxylic acids is 1. The predicted octanol–water partition coefficient (Wildman–Crippen LogP) is 4.07. The van der Waals surface area contributed by atoms with Crippen LogP contribution in [0.15, 0.2) is 24.4 Å². The summed E-state index contributed by atoms with van der Waals surface area (Å²) in [5.41, 5.74) is 2.83. The highest BCUT2D eigenvalue weighted by atomic mass is 35.5. The highest BCUT2D eigenvalue weighted by Crippen LogP contribution is 2.23. The molecule has 0 aliphatic carbocycles. The van der Waals surface area contributed by atoms with Crippen molar-refractivity contribution in [3.05, 3.63) is 39.3 Å². The number of hydrogen-bond donors (Lipinski definition) is 2. The molecular formula is C14H16ClN3OS. The van der Waals surface area contributed by atoms with Crippen molar-refractivity contribution in [2.45, 2.75) is 26.8 Å². The number of amides is 1. The SMILES string of the molecule is CCC(=O)Nc1cc(NCc2cnc(Cl)s2)ccc1C. The van der Waals surface area contributed by atoms with Crippen molar-refractivity contribution in [1.82, 2.24) is 4.98 Å². The van der Waals surface area contributed by atoms with Crippen LogP contribution < -0.4 is 10.6 Å². The second-order valence-corrected chi connectivity index (χ2v) is 6.06. The molecule has 4 nitrogen and oxygen atoms in total. The van der Waals surface area contributed by atoms with Gasteiger partial charge >= 0.3 is 0 Å². The van der Waals surface area contributed by atoms with E-state index in [9.17, 15) is 4.79 Å². The molecule has 0 aliphatic heterocycles. The Bertz CT molecular complexity index is 612. The third-order valence-electron chi connectivity index (χ3n) is 2.82. The molecule has 0 unspecified atom stereocenters. The maximum Gasteiger partial charge on any atom is 0.224 e. The van der Waals surface area contributed by atoms with Crippen LogP contribution in [0.4, 0.5) is 11.4 Å². The number of benzene rings is 1. The Hall–Kier alpha value is -1.59. The highest BCUT2D eigenvalue weighted by Gasteiger charge is 2.05. The molecule has 6 heteroatoms. The molecule has 1 aromatic carbocycles. The Balaban J connectivity index is 2.05. The van der Waals surface area contributed by atoms with Gasteiger partial charge in [-0.15, -0.1) is 11.3 Å². The number of nitrogens with one attached hydrogen (secondary N) is 2. The zero-order valence-electron chi connectivity index (χ0n) is 11.4. The van der Waals surface area contributed by atoms with Crippen molar-refractivity contribution >= 4 is 40.2 Å². The number of aromatic nitrogens is 1. The third-order valence-corrected chi connectivity index (χ3v) is 3.94. The van der Waals surface area contributed by atoms with Crippen LogP contribution in [0.3, 0.4) is 0 Å². The van der Waals surface area contributed by atoms with Gasteiger partial charge in [-0.25, -0.2) is 4.98 Å². The molecule has 0 saturated carbocycles. The van der Waals surface area contributed by atoms with Crippen LogP contribution in [0, 0.1) is 6.92 Å². The molecule has 2 aromatic rings. The predicted molar refractivity (Wildman–Crippen MR) is 84.6 cm³/mol. The standard InChI is InChI=1S/C14H16ClN3OS/c1-3-13(19)18-12-6-10(5-4-9(12)2)16-7-11-8-17-14(15)20-11/h4-6,8,16H,3,7H2,1-2H3,(H,18,19). The van der Waals surface area contributed by atoms with Gasteiger partial charge in [0.2, 0.25) is 5.91 Å². The number of nitrogens with zero attached hydrogens (tertiary/aromatic N) is 1. The molecule has 0 aliphatic rings. The molecule has 0 atom stereocenters. The molecule has 1 heterocycles. The molecule has 2 rings (SSSR count). The minimum Gasteiger partial charge on any atom is -0.380 e. The van der Waals surface area contributed by atoms with Crippen molar-refractivity contribution in [3.63, 3.8) is 0 Å². The molecule has 0 saturated heterocycles. The van der Waals surface area contributed by atoms with Crippen molar-refractivity contribution in [3.8, 4) is 0 Å². The Labute approximate surface area is 127 Å². The summed E-state index contributed by atoms with van der Waals surface area (Å²) in [6.45, 7) is 4.47. The first-order chi connectivity index (χ1) is 9.58. The molecule has 0 radical (unpaired) electrons. The van der Waals surface area contributed by atoms with E-state index >= 15 is 0 Å². The number of carbonyl (C=O) groups is 1. The first-order valence-electron chi connectivity index (χ1n) is 6.33. The van der Waals surface area contributed by atoms with E-state index in [0.29, 0.717) is 17.4 Å². The lowest BCUT2D eigenvalue weighted by Crippen LogP contribution is -2.11. The van der Waals surface area contributed by atoms with E-state index in [1.807, 2.05) is 32.0 Å². The van der Waals surface area contributed by atoms with E-state index in [1.54, 1.807) is 6.20 Å². The van der Waals surface area contributed by atoms with Crippen LogP contribution in [-0.2, 0) is 11.3 Å². The Morgan fingerprint density at radius 3 is 2.90 bits per heavy atom. The molecule has 0 spiro atoms. The third kappa shape index (κ3) is 3.95. The van der Waals surface area contributed by atoms with Crippen molar-refractivity contribution in [1.29, 1.82) is 0 Å². The summed E-state index contributed by atoms with van der Waals surface area (Å²) in [5, 5.41) is 6.19. The average Bonchev–Trinajstić information content (AvgIpc) is 2.85. The van der Waals surface area contributed by atoms with Gasteiger partial charge in [-0.2, -0.15) is 0 Å². The average molecular weight is 310 g/mol. The van der Waals surface area contributed by atoms with Crippen LogP contribution in [-0.4, -0.2) is 10.9 Å². The number of hydrogen-bond acceptors (Lipinski definition) is 4. The summed E-state index contributed by atoms with van der Waals surface area (Å²) >= 11 is 7.24. The quantitative estimate of drug-likeness (QED) is 0.875. The summed E-state index contributed by atoms with van der Waals surface area (Å²) < 4.78 is 0.543. The lowest BCUT2D eigenvalue weighted by molar-refractivity contribution is -0.115. The van der Waals surface area contributed by atoms with Crippen molar-refractivity contribution < 1.29 is 4.79 Å². The van der Waals surface area contributed by atoms with E-state index in [-0.39, 0.29) is 5.91 Å². The second kappa shape index (κ2) is 6.72. The lowest BCUT2D eigenvalue weighted by Gasteiger charge is -2.11. The molecule has 1 amide bonds. The Morgan fingerprint density at radius 2 is 2.25 bits per heavy atom. The van der Waals surface area contributed by atoms with Gasteiger partial charge in [-0.3, -0.25) is 4.79 Å². The van der Waals surface area contributed by atoms with E-state index in [0.717, 1.165) is 21.8 Å². The van der Waals surface area contributed by atoms with Crippen LogP contribution in [0.2, 0.25) is 4.47 Å². The van der Waals surface area contributed by atoms with Crippen LogP contribution in [0.5, 0.6) is 0 Å². The smallest absolute Gasteiger partial charge is 0.224 e. The topological polar surface area (TPSA) is 54.0 Å². The summed E-state index contributed by atoms with van der Waals surface area (Å²) in [7, 11) is 0. The zero-order valence-corrected chi connectivity index (χ0v) is 12.9. The molecule has 0 fully saturated rings. The summed E-state index contributed by atoms with van der Waals surface area (Å²) in [6.07, 6.45) is 2.23. The molecule has 1 aromatic heterocycles. The number of halogens is 1. The normalized spacial score (nSPS) is 10.3. The van der Waals surface area contributed by atoms with E-state index in [2.05, 4.69) is 15.6 Å². The molecular weight excluding hydrogens is 294 g/mol. The van der Waals surface area contributed by atoms with Gasteiger partial charge in [0.15, 0.2) is 4.47 Å². The van der Waals surface area contributed by atoms with E-state index in [1.165, 1.54) is 11.3 Å². The van der Waals surface area contributed by atoms with Crippen LogP contribution in [0.1, 0.15) is 23.8 Å². The number of thiazole rings is 1. The van der Waals surface area contributed by atoms with Crippen LogP contribution >= 0.6 is 22.9 Å². The largest absolute Gasteiger partial charge is 0.380 e. The van der Waals surface area contributed by atoms with E-state index < -0.39 is 0 Å². The number of rotatable bonds is 5. The van der Waals surface area contributed by atoms with Gasteiger partial charge in [-0.05, 0) is 24.6 Å². The summed E-state index contributed by atoms with van der Waals surface area (Å²) in [4.78, 5) is 16.5. The van der Waals surface area contributed by atoms with Gasteiger partial charge in [0, 0.05) is 28.9 Å². The fourth-order valence-corrected chi connectivity index (χ4v) is 2.58. The summed E-state index contributed by atoms with van der Waals surface area (Å²) in [6, 6.07) is 5.90. The maximum absolute atomic E-state index is 11.5. The minimum absolute atomic E-state index is 0.0134. The Morgan fingerprint density at radius 1 is 1.45 bits per heavy atom. The van der Waals surface area contributed by atoms with Crippen molar-refractivity contribution in [2.75, 3.05) is 10.6 Å². The monoisotopic (exact) mass is 309 g/mol. The van der Waals surface area contributed by atoms with Gasteiger partial charge in [0.05, 0.1) is 6.54 Å². The fourth-order valence-electron chi connectivity index (χ4n) is 1.66. The second-order valence-electron chi connectivity index (χ2n) is 4.36. The Kier molecular flexibility index (Phi) is 4.98. The zero-order chi connectivity index (χ0) is 14.5. The first-order valence-corrected chi connectivity index (χ1v) is 7.52. The molecule has 106 valence electrons. The lowest BCUT2D eigenvalue weighted by atomic mass is 10.1. The first kappa shape index (κ1) is 14.8. The molecule has 20 heavy (non-hydrogen) atoms. The maximum atomic E-state index is 11.5.